The Labute approximate surface area is 125 Å². The maximum absolute atomic E-state index is 12.1. The van der Waals surface area contributed by atoms with Gasteiger partial charge in [-0.15, -0.1) is 0 Å². The molecule has 116 valence electrons. The zero-order valence-corrected chi connectivity index (χ0v) is 12.6. The standard InChI is InChI=1S/C16H23NO4/c1-3-20-14-8-7-12(9-15(14)21-4-2)16(19)17-10-13(18)11-5-6-11/h7-9,11,13,18H,3-6,10H2,1-2H3,(H,17,19). The number of aliphatic hydroxyl groups excluding tert-OH is 1. The molecule has 21 heavy (non-hydrogen) atoms. The van der Waals surface area contributed by atoms with Crippen molar-refractivity contribution in [2.24, 2.45) is 5.92 Å². The molecule has 1 atom stereocenters. The van der Waals surface area contributed by atoms with Gasteiger partial charge < -0.3 is 19.9 Å². The van der Waals surface area contributed by atoms with E-state index in [-0.39, 0.29) is 5.91 Å². The molecule has 1 unspecified atom stereocenters. The monoisotopic (exact) mass is 293 g/mol. The second-order valence-corrected chi connectivity index (χ2v) is 5.14. The topological polar surface area (TPSA) is 67.8 Å². The molecule has 0 heterocycles. The van der Waals surface area contributed by atoms with Crippen LogP contribution in [-0.4, -0.2) is 36.9 Å². The van der Waals surface area contributed by atoms with Crippen molar-refractivity contribution in [1.29, 1.82) is 0 Å². The number of hydrogen-bond donors (Lipinski definition) is 2. The average Bonchev–Trinajstić information content (AvgIpc) is 3.31. The van der Waals surface area contributed by atoms with Crippen molar-refractivity contribution in [3.63, 3.8) is 0 Å². The molecule has 1 aliphatic carbocycles. The molecular formula is C16H23NO4. The van der Waals surface area contributed by atoms with Crippen molar-refractivity contribution < 1.29 is 19.4 Å². The summed E-state index contributed by atoms with van der Waals surface area (Å²) in [5.41, 5.74) is 0.505. The molecule has 1 amide bonds. The van der Waals surface area contributed by atoms with Crippen molar-refractivity contribution >= 4 is 5.91 Å². The maximum Gasteiger partial charge on any atom is 0.251 e. The van der Waals surface area contributed by atoms with Crippen molar-refractivity contribution in [3.05, 3.63) is 23.8 Å². The van der Waals surface area contributed by atoms with Gasteiger partial charge in [0.15, 0.2) is 11.5 Å². The van der Waals surface area contributed by atoms with E-state index in [1.165, 1.54) is 0 Å². The van der Waals surface area contributed by atoms with E-state index >= 15 is 0 Å². The van der Waals surface area contributed by atoms with Crippen molar-refractivity contribution in [2.45, 2.75) is 32.8 Å². The first-order valence-corrected chi connectivity index (χ1v) is 7.51. The zero-order valence-electron chi connectivity index (χ0n) is 12.6. The molecule has 1 saturated carbocycles. The highest BCUT2D eigenvalue weighted by atomic mass is 16.5. The van der Waals surface area contributed by atoms with Gasteiger partial charge in [-0.3, -0.25) is 4.79 Å². The van der Waals surface area contributed by atoms with E-state index in [1.54, 1.807) is 18.2 Å². The minimum absolute atomic E-state index is 0.210. The quantitative estimate of drug-likeness (QED) is 0.769. The molecular weight excluding hydrogens is 270 g/mol. The Balaban J connectivity index is 2.00. The maximum atomic E-state index is 12.1. The number of benzene rings is 1. The Morgan fingerprint density at radius 3 is 2.57 bits per heavy atom. The van der Waals surface area contributed by atoms with E-state index in [9.17, 15) is 9.90 Å². The Bertz CT molecular complexity index is 485. The van der Waals surface area contributed by atoms with Gasteiger partial charge in [-0.2, -0.15) is 0 Å². The summed E-state index contributed by atoms with van der Waals surface area (Å²) in [4.78, 5) is 12.1. The summed E-state index contributed by atoms with van der Waals surface area (Å²) in [7, 11) is 0. The average molecular weight is 293 g/mol. The number of amides is 1. The SMILES string of the molecule is CCOc1ccc(C(=O)NCC(O)C2CC2)cc1OCC. The summed E-state index contributed by atoms with van der Waals surface area (Å²) >= 11 is 0. The first kappa shape index (κ1) is 15.6. The van der Waals surface area contributed by atoms with Crippen molar-refractivity contribution in [2.75, 3.05) is 19.8 Å². The van der Waals surface area contributed by atoms with Crippen LogP contribution in [0.5, 0.6) is 11.5 Å². The molecule has 5 heteroatoms. The van der Waals surface area contributed by atoms with Gasteiger partial charge in [0.1, 0.15) is 0 Å². The van der Waals surface area contributed by atoms with Gasteiger partial charge in [0.25, 0.3) is 5.91 Å². The Kier molecular flexibility index (Phi) is 5.44. The fourth-order valence-corrected chi connectivity index (χ4v) is 2.14. The number of nitrogens with one attached hydrogen (secondary N) is 1. The van der Waals surface area contributed by atoms with E-state index in [0.29, 0.717) is 42.7 Å². The van der Waals surface area contributed by atoms with E-state index in [1.807, 2.05) is 13.8 Å². The van der Waals surface area contributed by atoms with Gasteiger partial charge in [-0.05, 0) is 50.8 Å². The molecule has 0 radical (unpaired) electrons. The van der Waals surface area contributed by atoms with Crippen LogP contribution in [0.2, 0.25) is 0 Å². The predicted molar refractivity (Wildman–Crippen MR) is 79.8 cm³/mol. The van der Waals surface area contributed by atoms with Crippen LogP contribution in [0, 0.1) is 5.92 Å². The predicted octanol–water partition coefficient (Wildman–Crippen LogP) is 1.98. The molecule has 5 nitrogen and oxygen atoms in total. The number of rotatable bonds is 8. The van der Waals surface area contributed by atoms with Crippen LogP contribution in [0.1, 0.15) is 37.0 Å². The summed E-state index contributed by atoms with van der Waals surface area (Å²) in [6, 6.07) is 5.11. The third kappa shape index (κ3) is 4.36. The highest BCUT2D eigenvalue weighted by Crippen LogP contribution is 2.32. The van der Waals surface area contributed by atoms with Crippen LogP contribution in [0.4, 0.5) is 0 Å². The first-order valence-electron chi connectivity index (χ1n) is 7.51. The van der Waals surface area contributed by atoms with Gasteiger partial charge in [-0.1, -0.05) is 0 Å². The molecule has 1 aromatic carbocycles. The molecule has 0 saturated heterocycles. The van der Waals surface area contributed by atoms with E-state index in [2.05, 4.69) is 5.32 Å². The molecule has 2 rings (SSSR count). The Morgan fingerprint density at radius 1 is 1.29 bits per heavy atom. The number of carbonyl (C=O) groups excluding carboxylic acids is 1. The van der Waals surface area contributed by atoms with Gasteiger partial charge in [0.2, 0.25) is 0 Å². The molecule has 1 aliphatic rings. The smallest absolute Gasteiger partial charge is 0.251 e. The highest BCUT2D eigenvalue weighted by Gasteiger charge is 2.29. The third-order valence-electron chi connectivity index (χ3n) is 3.44. The Morgan fingerprint density at radius 2 is 1.95 bits per heavy atom. The largest absolute Gasteiger partial charge is 0.490 e. The Hall–Kier alpha value is -1.75. The van der Waals surface area contributed by atoms with E-state index in [4.69, 9.17) is 9.47 Å². The molecule has 2 N–H and O–H groups in total. The highest BCUT2D eigenvalue weighted by molar-refractivity contribution is 5.94. The van der Waals surface area contributed by atoms with Gasteiger partial charge in [0, 0.05) is 12.1 Å². The lowest BCUT2D eigenvalue weighted by Gasteiger charge is -2.13. The van der Waals surface area contributed by atoms with Gasteiger partial charge >= 0.3 is 0 Å². The summed E-state index contributed by atoms with van der Waals surface area (Å²) in [5, 5.41) is 12.5. The molecule has 1 fully saturated rings. The lowest BCUT2D eigenvalue weighted by atomic mass is 10.1. The summed E-state index contributed by atoms with van der Waals surface area (Å²) in [6.45, 7) is 5.12. The molecule has 0 aliphatic heterocycles. The lowest BCUT2D eigenvalue weighted by molar-refractivity contribution is 0.0900. The minimum atomic E-state index is -0.442. The number of hydrogen-bond acceptors (Lipinski definition) is 4. The minimum Gasteiger partial charge on any atom is -0.490 e. The van der Waals surface area contributed by atoms with Crippen LogP contribution >= 0.6 is 0 Å². The lowest BCUT2D eigenvalue weighted by Crippen LogP contribution is -2.33. The molecule has 0 bridgehead atoms. The second kappa shape index (κ2) is 7.31. The normalized spacial score (nSPS) is 15.4. The van der Waals surface area contributed by atoms with E-state index in [0.717, 1.165) is 12.8 Å². The second-order valence-electron chi connectivity index (χ2n) is 5.14. The summed E-state index contributed by atoms with van der Waals surface area (Å²) in [6.07, 6.45) is 1.66. The van der Waals surface area contributed by atoms with Gasteiger partial charge in [-0.25, -0.2) is 0 Å². The number of aliphatic hydroxyl groups is 1. The summed E-state index contributed by atoms with van der Waals surface area (Å²) < 4.78 is 11.0. The number of ether oxygens (including phenoxy) is 2. The van der Waals surface area contributed by atoms with Crippen LogP contribution in [0.3, 0.4) is 0 Å². The van der Waals surface area contributed by atoms with E-state index < -0.39 is 6.10 Å². The van der Waals surface area contributed by atoms with Crippen LogP contribution < -0.4 is 14.8 Å². The third-order valence-corrected chi connectivity index (χ3v) is 3.44. The molecule has 1 aromatic rings. The molecule has 0 spiro atoms. The summed E-state index contributed by atoms with van der Waals surface area (Å²) in [5.74, 6) is 1.34. The van der Waals surface area contributed by atoms with Crippen molar-refractivity contribution in [1.82, 2.24) is 5.32 Å². The molecule has 0 aromatic heterocycles. The fourth-order valence-electron chi connectivity index (χ4n) is 2.14. The van der Waals surface area contributed by atoms with Crippen LogP contribution in [0.15, 0.2) is 18.2 Å². The number of carbonyl (C=O) groups is 1. The van der Waals surface area contributed by atoms with Gasteiger partial charge in [0.05, 0.1) is 19.3 Å². The fraction of sp³-hybridized carbons (Fsp3) is 0.562. The first-order chi connectivity index (χ1) is 10.2. The van der Waals surface area contributed by atoms with Crippen LogP contribution in [-0.2, 0) is 0 Å². The van der Waals surface area contributed by atoms with Crippen LogP contribution in [0.25, 0.3) is 0 Å². The zero-order chi connectivity index (χ0) is 15.2. The van der Waals surface area contributed by atoms with Crippen molar-refractivity contribution in [3.8, 4) is 11.5 Å².